The number of nitrogens with zero attached hydrogens (tertiary/aromatic N) is 3. The van der Waals surface area contributed by atoms with Crippen molar-refractivity contribution >= 4 is 17.8 Å². The van der Waals surface area contributed by atoms with Crippen molar-refractivity contribution in [3.63, 3.8) is 0 Å². The van der Waals surface area contributed by atoms with Gasteiger partial charge in [-0.1, -0.05) is 0 Å². The molecule has 0 aliphatic carbocycles. The maximum absolute atomic E-state index is 11.2. The summed E-state index contributed by atoms with van der Waals surface area (Å²) in [5, 5.41) is 4.48. The molecule has 1 fully saturated rings. The minimum atomic E-state index is -0.174. The largest absolute Gasteiger partial charge is 0.350 e. The number of hydrogen-bond acceptors (Lipinski definition) is 4. The number of rotatable bonds is 1. The van der Waals surface area contributed by atoms with E-state index in [4.69, 9.17) is 5.84 Å². The van der Waals surface area contributed by atoms with E-state index in [-0.39, 0.29) is 11.5 Å². The van der Waals surface area contributed by atoms with Gasteiger partial charge in [0.1, 0.15) is 0 Å². The van der Waals surface area contributed by atoms with Crippen molar-refractivity contribution in [2.75, 3.05) is 20.4 Å². The number of carbonyl (C=O) groups is 1. The summed E-state index contributed by atoms with van der Waals surface area (Å²) in [4.78, 5) is 11.2. The van der Waals surface area contributed by atoms with Crippen LogP contribution in [0.2, 0.25) is 0 Å². The van der Waals surface area contributed by atoms with Crippen LogP contribution in [-0.4, -0.2) is 46.9 Å². The van der Waals surface area contributed by atoms with Crippen LogP contribution >= 0.6 is 11.8 Å². The fourth-order valence-corrected chi connectivity index (χ4v) is 1.75. The monoisotopic (exact) mass is 176 g/mol. The molecule has 5 nitrogen and oxygen atoms in total. The van der Waals surface area contributed by atoms with Gasteiger partial charge in [0.25, 0.3) is 0 Å². The highest BCUT2D eigenvalue weighted by Gasteiger charge is 2.37. The van der Waals surface area contributed by atoms with Crippen molar-refractivity contribution in [1.82, 2.24) is 15.0 Å². The number of thioether (sulfide) groups is 1. The van der Waals surface area contributed by atoms with Crippen molar-refractivity contribution in [1.29, 1.82) is 0 Å². The molecule has 0 radical (unpaired) electrons. The lowest BCUT2D eigenvalue weighted by Gasteiger charge is -2.21. The van der Waals surface area contributed by atoms with E-state index in [1.54, 1.807) is 12.1 Å². The molecule has 64 valence electrons. The van der Waals surface area contributed by atoms with Crippen LogP contribution in [0.15, 0.2) is 0 Å². The predicted molar refractivity (Wildman–Crippen MR) is 44.3 cm³/mol. The topological polar surface area (TPSA) is 52.8 Å². The van der Waals surface area contributed by atoms with Crippen LogP contribution in [0.5, 0.6) is 0 Å². The van der Waals surface area contributed by atoms with Crippen LogP contribution in [0.4, 0.5) is 4.79 Å². The Hall–Kier alpha value is -0.460. The Bertz CT molecular complexity index is 176. The van der Waals surface area contributed by atoms with E-state index in [2.05, 4.69) is 0 Å². The van der Waals surface area contributed by atoms with Gasteiger partial charge in [0.2, 0.25) is 0 Å². The highest BCUT2D eigenvalue weighted by Crippen LogP contribution is 2.21. The van der Waals surface area contributed by atoms with E-state index in [1.165, 1.54) is 21.8 Å². The molecule has 11 heavy (non-hydrogen) atoms. The Morgan fingerprint density at radius 3 is 2.27 bits per heavy atom. The summed E-state index contributed by atoms with van der Waals surface area (Å²) < 4.78 is 0. The molecular weight excluding hydrogens is 164 g/mol. The van der Waals surface area contributed by atoms with E-state index in [1.807, 2.05) is 13.3 Å². The molecule has 2 amide bonds. The lowest BCUT2D eigenvalue weighted by atomic mass is 10.9. The molecule has 1 saturated heterocycles. The lowest BCUT2D eigenvalue weighted by molar-refractivity contribution is 0.0948. The van der Waals surface area contributed by atoms with Gasteiger partial charge in [-0.2, -0.15) is 5.01 Å². The molecule has 0 aromatic carbocycles. The molecule has 1 aliphatic rings. The zero-order valence-corrected chi connectivity index (χ0v) is 7.63. The Labute approximate surface area is 70.0 Å². The highest BCUT2D eigenvalue weighted by atomic mass is 32.2. The van der Waals surface area contributed by atoms with E-state index >= 15 is 0 Å². The predicted octanol–water partition coefficient (Wildman–Crippen LogP) is -0.279. The zero-order valence-electron chi connectivity index (χ0n) is 6.81. The second-order valence-electron chi connectivity index (χ2n) is 2.35. The maximum Gasteiger partial charge on any atom is 0.350 e. The first-order chi connectivity index (χ1) is 5.09. The van der Waals surface area contributed by atoms with Crippen LogP contribution in [0.1, 0.15) is 0 Å². The van der Waals surface area contributed by atoms with Gasteiger partial charge in [0, 0.05) is 14.1 Å². The van der Waals surface area contributed by atoms with E-state index < -0.39 is 0 Å². The third kappa shape index (κ3) is 1.17. The summed E-state index contributed by atoms with van der Waals surface area (Å²) >= 11 is 1.52. The quantitative estimate of drug-likeness (QED) is 0.441. The first-order valence-electron chi connectivity index (χ1n) is 3.16. The summed E-state index contributed by atoms with van der Waals surface area (Å²) in [6, 6.07) is -0.174. The van der Waals surface area contributed by atoms with Gasteiger partial charge in [0.15, 0.2) is 5.50 Å². The molecule has 6 heteroatoms. The highest BCUT2D eigenvalue weighted by molar-refractivity contribution is 7.99. The average Bonchev–Trinajstić information content (AvgIpc) is 2.17. The van der Waals surface area contributed by atoms with Crippen molar-refractivity contribution in [3.05, 3.63) is 0 Å². The molecular formula is C5H12N4OS. The van der Waals surface area contributed by atoms with E-state index in [9.17, 15) is 4.79 Å². The Kier molecular flexibility index (Phi) is 2.26. The molecule has 0 aromatic rings. The first-order valence-corrected chi connectivity index (χ1v) is 4.45. The van der Waals surface area contributed by atoms with Crippen LogP contribution in [0.25, 0.3) is 0 Å². The summed E-state index contributed by atoms with van der Waals surface area (Å²) in [5.41, 5.74) is -0.0764. The van der Waals surface area contributed by atoms with E-state index in [0.29, 0.717) is 0 Å². The number of hydrazine groups is 2. The fraction of sp³-hybridized carbons (Fsp3) is 0.800. The smallest absolute Gasteiger partial charge is 0.256 e. The number of hydrogen-bond donors (Lipinski definition) is 1. The fourth-order valence-electron chi connectivity index (χ4n) is 0.991. The van der Waals surface area contributed by atoms with Crippen LogP contribution in [0, 0.1) is 0 Å². The van der Waals surface area contributed by atoms with Crippen molar-refractivity contribution in [2.24, 2.45) is 5.84 Å². The molecule has 2 N–H and O–H groups in total. The molecule has 1 aliphatic heterocycles. The molecule has 0 saturated carbocycles. The number of urea groups is 1. The second kappa shape index (κ2) is 2.88. The summed E-state index contributed by atoms with van der Waals surface area (Å²) in [6.45, 7) is 0. The molecule has 1 atom stereocenters. The number of nitrogens with two attached hydrogens (primary N) is 1. The average molecular weight is 176 g/mol. The molecule has 1 rings (SSSR count). The van der Waals surface area contributed by atoms with E-state index in [0.717, 1.165) is 0 Å². The van der Waals surface area contributed by atoms with Gasteiger partial charge < -0.3 is 0 Å². The number of carbonyl (C=O) groups excluding carboxylic acids is 1. The van der Waals surface area contributed by atoms with Crippen LogP contribution in [0.3, 0.4) is 0 Å². The van der Waals surface area contributed by atoms with Gasteiger partial charge in [-0.3, -0.25) is 5.01 Å². The Morgan fingerprint density at radius 1 is 1.55 bits per heavy atom. The molecule has 0 spiro atoms. The van der Waals surface area contributed by atoms with Gasteiger partial charge >= 0.3 is 6.03 Å². The minimum Gasteiger partial charge on any atom is -0.256 e. The molecule has 1 unspecified atom stereocenters. The molecule has 1 heterocycles. The first kappa shape index (κ1) is 8.63. The van der Waals surface area contributed by atoms with Crippen molar-refractivity contribution in [2.45, 2.75) is 5.50 Å². The summed E-state index contributed by atoms with van der Waals surface area (Å²) in [5.74, 6) is 5.49. The minimum absolute atomic E-state index is 0.0764. The van der Waals surface area contributed by atoms with Crippen LogP contribution < -0.4 is 5.84 Å². The third-order valence-electron chi connectivity index (χ3n) is 1.74. The van der Waals surface area contributed by atoms with Gasteiger partial charge in [0.05, 0.1) is 0 Å². The molecule has 0 bridgehead atoms. The Balaban J connectivity index is 2.77. The summed E-state index contributed by atoms with van der Waals surface area (Å²) in [7, 11) is 3.52. The maximum atomic E-state index is 11.2. The standard InChI is InChI=1S/C5H12N4OS/c1-7-4(10)9(6)5(11-3)8(7)2/h5H,6H2,1-3H3. The van der Waals surface area contributed by atoms with Crippen molar-refractivity contribution in [3.8, 4) is 0 Å². The molecule has 0 aromatic heterocycles. The third-order valence-corrected chi connectivity index (χ3v) is 2.69. The van der Waals surface area contributed by atoms with Crippen molar-refractivity contribution < 1.29 is 4.79 Å². The van der Waals surface area contributed by atoms with Crippen LogP contribution in [-0.2, 0) is 0 Å². The second-order valence-corrected chi connectivity index (χ2v) is 3.24. The SMILES string of the molecule is CSC1N(N)C(=O)N(C)N1C. The van der Waals surface area contributed by atoms with Gasteiger partial charge in [-0.05, 0) is 6.26 Å². The Morgan fingerprint density at radius 2 is 2.09 bits per heavy atom. The zero-order chi connectivity index (χ0) is 8.59. The number of amides is 2. The van der Waals surface area contributed by atoms with Gasteiger partial charge in [-0.25, -0.2) is 15.6 Å². The summed E-state index contributed by atoms with van der Waals surface area (Å²) in [6.07, 6.45) is 1.91. The lowest BCUT2D eigenvalue weighted by Crippen LogP contribution is -2.40. The normalized spacial score (nSPS) is 26.9. The van der Waals surface area contributed by atoms with Gasteiger partial charge in [-0.15, -0.1) is 11.8 Å².